The summed E-state index contributed by atoms with van der Waals surface area (Å²) in [7, 11) is 1.59. The maximum atomic E-state index is 13.2. The maximum Gasteiger partial charge on any atom is 0.330 e. The van der Waals surface area contributed by atoms with E-state index in [1.54, 1.807) is 7.05 Å². The number of carbonyl (C=O) groups excluding carboxylic acids is 1. The molecule has 0 saturated heterocycles. The normalized spacial score (nSPS) is 10.9. The lowest BCUT2D eigenvalue weighted by atomic mass is 10.2. The Kier molecular flexibility index (Phi) is 7.58. The average Bonchev–Trinajstić information content (AvgIpc) is 2.68. The predicted octanol–water partition coefficient (Wildman–Crippen LogP) is 1.45. The largest absolute Gasteiger partial charge is 0.383 e. The Hall–Kier alpha value is -3.10. The van der Waals surface area contributed by atoms with Crippen molar-refractivity contribution in [3.05, 3.63) is 55.1 Å². The van der Waals surface area contributed by atoms with Crippen LogP contribution in [-0.4, -0.2) is 26.6 Å². The zero-order valence-corrected chi connectivity index (χ0v) is 17.2. The van der Waals surface area contributed by atoms with Crippen molar-refractivity contribution in [1.29, 1.82) is 0 Å². The zero-order chi connectivity index (χ0) is 21.6. The number of carbonyl (C=O) groups is 1. The second-order valence-corrected chi connectivity index (χ2v) is 7.03. The van der Waals surface area contributed by atoms with E-state index in [9.17, 15) is 19.2 Å². The third-order valence-corrected chi connectivity index (χ3v) is 4.80. The number of amides is 1. The van der Waals surface area contributed by atoms with Gasteiger partial charge in [0.1, 0.15) is 5.82 Å². The molecule has 29 heavy (non-hydrogen) atoms. The molecule has 0 fully saturated rings. The topological polar surface area (TPSA) is 123 Å². The van der Waals surface area contributed by atoms with Crippen molar-refractivity contribution in [3.63, 3.8) is 0 Å². The molecule has 2 rings (SSSR count). The molecular formula is C20H29N5O4. The minimum absolute atomic E-state index is 0.0408. The van der Waals surface area contributed by atoms with Crippen molar-refractivity contribution in [1.82, 2.24) is 14.1 Å². The third-order valence-electron chi connectivity index (χ3n) is 4.80. The van der Waals surface area contributed by atoms with E-state index in [4.69, 9.17) is 5.73 Å². The zero-order valence-electron chi connectivity index (χ0n) is 17.2. The fourth-order valence-electron chi connectivity index (χ4n) is 3.05. The standard InChI is InChI=1S/C20H29N5O4/c1-4-6-8-11-24(19(28)14-9-12-23(3)15(26)13-14)16-17(21)25(10-7-5-2)20(29)22-18(16)27/h9,12-13H,4-8,10-11,21H2,1-3H3,(H,22,27,29). The molecule has 9 heteroatoms. The van der Waals surface area contributed by atoms with Crippen LogP contribution < -0.4 is 27.4 Å². The molecule has 1 amide bonds. The van der Waals surface area contributed by atoms with Gasteiger partial charge in [-0.2, -0.15) is 0 Å². The summed E-state index contributed by atoms with van der Waals surface area (Å²) in [5, 5.41) is 0. The van der Waals surface area contributed by atoms with E-state index in [1.807, 2.05) is 13.8 Å². The summed E-state index contributed by atoms with van der Waals surface area (Å²) >= 11 is 0. The van der Waals surface area contributed by atoms with E-state index in [2.05, 4.69) is 4.98 Å². The van der Waals surface area contributed by atoms with Crippen molar-refractivity contribution in [2.45, 2.75) is 52.5 Å². The number of aryl methyl sites for hydroxylation is 1. The molecule has 0 radical (unpaired) electrons. The molecule has 0 atom stereocenters. The molecule has 3 N–H and O–H groups in total. The fourth-order valence-corrected chi connectivity index (χ4v) is 3.05. The summed E-state index contributed by atoms with van der Waals surface area (Å²) in [6, 6.07) is 2.75. The molecule has 0 spiro atoms. The molecule has 2 heterocycles. The van der Waals surface area contributed by atoms with Crippen LogP contribution in [0.5, 0.6) is 0 Å². The highest BCUT2D eigenvalue weighted by Crippen LogP contribution is 2.20. The predicted molar refractivity (Wildman–Crippen MR) is 114 cm³/mol. The summed E-state index contributed by atoms with van der Waals surface area (Å²) < 4.78 is 2.63. The lowest BCUT2D eigenvalue weighted by Crippen LogP contribution is -2.42. The second kappa shape index (κ2) is 9.90. The lowest BCUT2D eigenvalue weighted by Gasteiger charge is -2.24. The number of H-pyrrole nitrogens is 1. The Morgan fingerprint density at radius 2 is 1.83 bits per heavy atom. The number of aromatic amines is 1. The highest BCUT2D eigenvalue weighted by molar-refractivity contribution is 6.07. The molecule has 2 aromatic rings. The smallest absolute Gasteiger partial charge is 0.330 e. The number of aromatic nitrogens is 3. The van der Waals surface area contributed by atoms with Gasteiger partial charge in [-0.15, -0.1) is 0 Å². The number of nitrogens with two attached hydrogens (primary N) is 1. The summed E-state index contributed by atoms with van der Waals surface area (Å²) in [5.41, 5.74) is 4.65. The lowest BCUT2D eigenvalue weighted by molar-refractivity contribution is 0.0985. The number of nitrogen functional groups attached to an aromatic ring is 1. The first-order valence-electron chi connectivity index (χ1n) is 9.92. The molecule has 0 aliphatic carbocycles. The van der Waals surface area contributed by atoms with Crippen LogP contribution in [0.2, 0.25) is 0 Å². The third kappa shape index (κ3) is 5.04. The van der Waals surface area contributed by atoms with Crippen LogP contribution in [0.15, 0.2) is 32.7 Å². The number of anilines is 2. The SMILES string of the molecule is CCCCCN(C(=O)c1ccn(C)c(=O)c1)c1c(N)n(CCCC)c(=O)[nH]c1=O. The van der Waals surface area contributed by atoms with E-state index >= 15 is 0 Å². The quantitative estimate of drug-likeness (QED) is 0.614. The first-order valence-corrected chi connectivity index (χ1v) is 9.92. The van der Waals surface area contributed by atoms with Gasteiger partial charge < -0.3 is 15.2 Å². The fraction of sp³-hybridized carbons (Fsp3) is 0.500. The van der Waals surface area contributed by atoms with Gasteiger partial charge in [0, 0.05) is 38.0 Å². The van der Waals surface area contributed by atoms with Crippen molar-refractivity contribution >= 4 is 17.4 Å². The number of hydrogen-bond acceptors (Lipinski definition) is 5. The van der Waals surface area contributed by atoms with Gasteiger partial charge in [0.2, 0.25) is 0 Å². The highest BCUT2D eigenvalue weighted by atomic mass is 16.2. The van der Waals surface area contributed by atoms with Crippen LogP contribution in [0.25, 0.3) is 0 Å². The molecule has 158 valence electrons. The summed E-state index contributed by atoms with van der Waals surface area (Å²) in [6.45, 7) is 4.60. The van der Waals surface area contributed by atoms with Crippen LogP contribution >= 0.6 is 0 Å². The average molecular weight is 403 g/mol. The van der Waals surface area contributed by atoms with E-state index in [0.29, 0.717) is 19.4 Å². The molecule has 0 unspecified atom stereocenters. The van der Waals surface area contributed by atoms with Gasteiger partial charge in [0.15, 0.2) is 5.69 Å². The molecule has 0 saturated carbocycles. The molecule has 0 bridgehead atoms. The van der Waals surface area contributed by atoms with Gasteiger partial charge in [0.05, 0.1) is 0 Å². The van der Waals surface area contributed by atoms with Crippen LogP contribution in [0.4, 0.5) is 11.5 Å². The Morgan fingerprint density at radius 1 is 1.14 bits per heavy atom. The Bertz CT molecular complexity index is 1030. The number of hydrogen-bond donors (Lipinski definition) is 2. The van der Waals surface area contributed by atoms with Crippen molar-refractivity contribution in [3.8, 4) is 0 Å². The van der Waals surface area contributed by atoms with Crippen LogP contribution in [-0.2, 0) is 13.6 Å². The highest BCUT2D eigenvalue weighted by Gasteiger charge is 2.25. The van der Waals surface area contributed by atoms with Crippen LogP contribution in [0.1, 0.15) is 56.3 Å². The molecule has 2 aromatic heterocycles. The first-order chi connectivity index (χ1) is 13.8. The van der Waals surface area contributed by atoms with E-state index < -0.39 is 17.2 Å². The minimum Gasteiger partial charge on any atom is -0.383 e. The van der Waals surface area contributed by atoms with Crippen LogP contribution in [0, 0.1) is 0 Å². The van der Waals surface area contributed by atoms with Crippen molar-refractivity contribution in [2.24, 2.45) is 7.05 Å². The van der Waals surface area contributed by atoms with Gasteiger partial charge in [0.25, 0.3) is 17.0 Å². The molecule has 0 aromatic carbocycles. The van der Waals surface area contributed by atoms with Crippen LogP contribution in [0.3, 0.4) is 0 Å². The summed E-state index contributed by atoms with van der Waals surface area (Å²) in [6.07, 6.45) is 5.47. The van der Waals surface area contributed by atoms with Crippen molar-refractivity contribution < 1.29 is 4.79 Å². The Morgan fingerprint density at radius 3 is 2.45 bits per heavy atom. The number of nitrogens with zero attached hydrogens (tertiary/aromatic N) is 3. The van der Waals surface area contributed by atoms with Crippen molar-refractivity contribution in [2.75, 3.05) is 17.2 Å². The summed E-state index contributed by atoms with van der Waals surface area (Å²) in [5.74, 6) is -0.544. The minimum atomic E-state index is -0.714. The van der Waals surface area contributed by atoms with Gasteiger partial charge in [-0.1, -0.05) is 33.1 Å². The van der Waals surface area contributed by atoms with Gasteiger partial charge in [-0.05, 0) is 18.9 Å². The number of nitrogens with one attached hydrogen (secondary N) is 1. The van der Waals surface area contributed by atoms with E-state index in [0.717, 1.165) is 19.3 Å². The first kappa shape index (κ1) is 22.2. The summed E-state index contributed by atoms with van der Waals surface area (Å²) in [4.78, 5) is 53.5. The molecular weight excluding hydrogens is 374 g/mol. The number of unbranched alkanes of at least 4 members (excludes halogenated alkanes) is 3. The molecule has 9 nitrogen and oxygen atoms in total. The van der Waals surface area contributed by atoms with E-state index in [1.165, 1.54) is 32.4 Å². The number of rotatable bonds is 9. The van der Waals surface area contributed by atoms with E-state index in [-0.39, 0.29) is 29.2 Å². The Labute approximate surface area is 168 Å². The molecule has 0 aliphatic rings. The monoisotopic (exact) mass is 403 g/mol. The van der Waals surface area contributed by atoms with Gasteiger partial charge in [-0.3, -0.25) is 23.9 Å². The maximum absolute atomic E-state index is 13.2. The number of pyridine rings is 1. The second-order valence-electron chi connectivity index (χ2n) is 7.03. The van der Waals surface area contributed by atoms with Gasteiger partial charge in [-0.25, -0.2) is 4.79 Å². The Balaban J connectivity index is 2.58. The van der Waals surface area contributed by atoms with Gasteiger partial charge >= 0.3 is 5.69 Å². The molecule has 0 aliphatic heterocycles.